The molecule has 0 N–H and O–H groups in total. The van der Waals surface area contributed by atoms with Gasteiger partial charge in [-0.25, -0.2) is 13.4 Å². The third-order valence-electron chi connectivity index (χ3n) is 3.72. The summed E-state index contributed by atoms with van der Waals surface area (Å²) in [5, 5.41) is 0.508. The molecule has 0 unspecified atom stereocenters. The number of carbonyl (C=O) groups excluding carboxylic acids is 1. The second-order valence-corrected chi connectivity index (χ2v) is 7.21. The second kappa shape index (κ2) is 4.73. The minimum atomic E-state index is -3.51. The average molecular weight is 293 g/mol. The largest absolute Gasteiger partial charge is 0.272 e. The van der Waals surface area contributed by atoms with Gasteiger partial charge in [0.15, 0.2) is 5.49 Å². The van der Waals surface area contributed by atoms with Crippen LogP contribution in [0.3, 0.4) is 0 Å². The number of nitrogens with zero attached hydrogens (tertiary/aromatic N) is 3. The maximum Gasteiger partial charge on any atom is 0.251 e. The summed E-state index contributed by atoms with van der Waals surface area (Å²) in [7, 11) is -3.51. The summed E-state index contributed by atoms with van der Waals surface area (Å²) in [6.45, 7) is 0. The van der Waals surface area contributed by atoms with Crippen LogP contribution in [-0.2, 0) is 14.6 Å². The van der Waals surface area contributed by atoms with Gasteiger partial charge in [0.1, 0.15) is 0 Å². The second-order valence-electron chi connectivity index (χ2n) is 5.30. The van der Waals surface area contributed by atoms with E-state index < -0.39 is 9.84 Å². The van der Waals surface area contributed by atoms with Gasteiger partial charge in [0, 0.05) is 23.8 Å². The molecular formula is C13H15N3O3S. The quantitative estimate of drug-likeness (QED) is 0.708. The van der Waals surface area contributed by atoms with Crippen LogP contribution in [0.2, 0.25) is 0 Å². The van der Waals surface area contributed by atoms with Gasteiger partial charge in [-0.2, -0.15) is 9.98 Å². The molecule has 0 saturated heterocycles. The number of rotatable bonds is 2. The number of fused-ring (bicyclic) bond motifs is 1. The third kappa shape index (κ3) is 2.37. The number of carbonyl (C=O) groups is 1. The predicted molar refractivity (Wildman–Crippen MR) is 71.2 cm³/mol. The van der Waals surface area contributed by atoms with Crippen molar-refractivity contribution < 1.29 is 13.2 Å². The number of aromatic nitrogens is 2. The van der Waals surface area contributed by atoms with E-state index in [1.54, 1.807) is 6.08 Å². The van der Waals surface area contributed by atoms with E-state index >= 15 is 0 Å². The molecule has 1 fully saturated rings. The van der Waals surface area contributed by atoms with Gasteiger partial charge in [-0.1, -0.05) is 18.9 Å². The first-order valence-electron chi connectivity index (χ1n) is 6.65. The summed E-state index contributed by atoms with van der Waals surface area (Å²) in [5.41, 5.74) is 0.947. The molecule has 1 saturated carbocycles. The maximum absolute atomic E-state index is 11.7. The Kier molecular flexibility index (Phi) is 3.16. The number of amides is 1. The molecule has 3 rings (SSSR count). The lowest BCUT2D eigenvalue weighted by atomic mass is 10.0. The van der Waals surface area contributed by atoms with Gasteiger partial charge in [0.25, 0.3) is 5.91 Å². The molecule has 106 valence electrons. The van der Waals surface area contributed by atoms with E-state index in [9.17, 15) is 13.2 Å². The zero-order valence-corrected chi connectivity index (χ0v) is 12.0. The van der Waals surface area contributed by atoms with Gasteiger partial charge in [0.05, 0.1) is 5.69 Å². The first kappa shape index (κ1) is 13.4. The fourth-order valence-electron chi connectivity index (χ4n) is 2.76. The van der Waals surface area contributed by atoms with Crippen LogP contribution in [0.5, 0.6) is 0 Å². The summed E-state index contributed by atoms with van der Waals surface area (Å²) in [6, 6.07) is 0. The topological polar surface area (TPSA) is 89.3 Å². The van der Waals surface area contributed by atoms with Crippen molar-refractivity contribution >= 4 is 21.8 Å². The molecular weight excluding hydrogens is 278 g/mol. The van der Waals surface area contributed by atoms with E-state index in [-0.39, 0.29) is 28.9 Å². The summed E-state index contributed by atoms with van der Waals surface area (Å²) >= 11 is 0. The molecule has 0 atom stereocenters. The van der Waals surface area contributed by atoms with Crippen molar-refractivity contribution in [3.8, 4) is 0 Å². The summed E-state index contributed by atoms with van der Waals surface area (Å²) in [4.78, 5) is 23.5. The molecule has 2 heterocycles. The third-order valence-corrected chi connectivity index (χ3v) is 4.57. The number of hydrogen-bond donors (Lipinski definition) is 0. The number of sulfone groups is 1. The van der Waals surface area contributed by atoms with Crippen LogP contribution in [0.4, 0.5) is 0 Å². The van der Waals surface area contributed by atoms with Crippen LogP contribution >= 0.6 is 0 Å². The van der Waals surface area contributed by atoms with E-state index in [1.165, 1.54) is 0 Å². The molecule has 20 heavy (non-hydrogen) atoms. The molecule has 0 bridgehead atoms. The average Bonchev–Trinajstić information content (AvgIpc) is 2.89. The zero-order chi connectivity index (χ0) is 14.3. The van der Waals surface area contributed by atoms with Crippen molar-refractivity contribution in [3.05, 3.63) is 16.4 Å². The Morgan fingerprint density at radius 1 is 1.20 bits per heavy atom. The first-order valence-corrected chi connectivity index (χ1v) is 8.54. The predicted octanol–water partition coefficient (Wildman–Crippen LogP) is -0.132. The number of hydrogen-bond acceptors (Lipinski definition) is 5. The normalized spacial score (nSPS) is 19.4. The summed E-state index contributed by atoms with van der Waals surface area (Å²) in [6.07, 6.45) is 7.30. The van der Waals surface area contributed by atoms with Crippen molar-refractivity contribution in [2.75, 3.05) is 6.26 Å². The highest BCUT2D eigenvalue weighted by molar-refractivity contribution is 7.90. The Labute approximate surface area is 116 Å². The van der Waals surface area contributed by atoms with Crippen LogP contribution in [0.25, 0.3) is 6.08 Å². The van der Waals surface area contributed by atoms with Crippen molar-refractivity contribution in [1.82, 2.24) is 9.97 Å². The molecule has 1 amide bonds. The SMILES string of the molecule is CS(=O)(=O)c1nc(C2CCCC2)c2c(n1)=NC(=O)CC=2. The van der Waals surface area contributed by atoms with Crippen molar-refractivity contribution in [3.63, 3.8) is 0 Å². The Morgan fingerprint density at radius 2 is 1.90 bits per heavy atom. The Bertz CT molecular complexity index is 793. The van der Waals surface area contributed by atoms with Crippen LogP contribution in [0.15, 0.2) is 10.1 Å². The summed E-state index contributed by atoms with van der Waals surface area (Å²) < 4.78 is 23.4. The Balaban J connectivity index is 2.30. The lowest BCUT2D eigenvalue weighted by Gasteiger charge is -2.12. The molecule has 1 aromatic rings. The van der Waals surface area contributed by atoms with Gasteiger partial charge >= 0.3 is 0 Å². The van der Waals surface area contributed by atoms with E-state index in [4.69, 9.17) is 0 Å². The van der Waals surface area contributed by atoms with E-state index in [2.05, 4.69) is 15.0 Å². The van der Waals surface area contributed by atoms with Crippen molar-refractivity contribution in [1.29, 1.82) is 0 Å². The Morgan fingerprint density at radius 3 is 2.55 bits per heavy atom. The van der Waals surface area contributed by atoms with Gasteiger partial charge in [-0.15, -0.1) is 0 Å². The van der Waals surface area contributed by atoms with Gasteiger partial charge < -0.3 is 0 Å². The van der Waals surface area contributed by atoms with E-state index in [0.717, 1.165) is 42.9 Å². The monoisotopic (exact) mass is 293 g/mol. The zero-order valence-electron chi connectivity index (χ0n) is 11.2. The van der Waals surface area contributed by atoms with Gasteiger partial charge in [0.2, 0.25) is 15.0 Å². The fraction of sp³-hybridized carbons (Fsp3) is 0.538. The van der Waals surface area contributed by atoms with Crippen LogP contribution in [0.1, 0.15) is 43.7 Å². The van der Waals surface area contributed by atoms with Crippen LogP contribution in [0, 0.1) is 0 Å². The smallest absolute Gasteiger partial charge is 0.251 e. The minimum Gasteiger partial charge on any atom is -0.272 e. The molecule has 1 aromatic heterocycles. The van der Waals surface area contributed by atoms with Crippen molar-refractivity contribution in [2.45, 2.75) is 43.2 Å². The van der Waals surface area contributed by atoms with Gasteiger partial charge in [-0.3, -0.25) is 4.79 Å². The Hall–Kier alpha value is -1.63. The molecule has 0 spiro atoms. The maximum atomic E-state index is 11.7. The highest BCUT2D eigenvalue weighted by Crippen LogP contribution is 2.31. The van der Waals surface area contributed by atoms with Crippen LogP contribution in [-0.4, -0.2) is 30.5 Å². The molecule has 0 radical (unpaired) electrons. The van der Waals surface area contributed by atoms with Crippen LogP contribution < -0.4 is 10.7 Å². The molecule has 1 aliphatic heterocycles. The lowest BCUT2D eigenvalue weighted by molar-refractivity contribution is -0.117. The lowest BCUT2D eigenvalue weighted by Crippen LogP contribution is -2.39. The highest BCUT2D eigenvalue weighted by atomic mass is 32.2. The molecule has 2 aliphatic rings. The minimum absolute atomic E-state index is 0.207. The first-order chi connectivity index (χ1) is 9.45. The fourth-order valence-corrected chi connectivity index (χ4v) is 3.28. The highest BCUT2D eigenvalue weighted by Gasteiger charge is 2.24. The van der Waals surface area contributed by atoms with E-state index in [1.807, 2.05) is 0 Å². The van der Waals surface area contributed by atoms with Crippen molar-refractivity contribution in [2.24, 2.45) is 4.99 Å². The molecule has 6 nitrogen and oxygen atoms in total. The molecule has 7 heteroatoms. The summed E-state index contributed by atoms with van der Waals surface area (Å²) in [5.74, 6) is -0.0556. The standard InChI is InChI=1S/C13H15N3O3S/c1-20(18,19)13-15-11(8-4-2-3-5-8)9-6-7-10(17)14-12(9)16-13/h6,8H,2-5,7H2,1H3. The van der Waals surface area contributed by atoms with E-state index in [0.29, 0.717) is 0 Å². The molecule has 0 aromatic carbocycles. The molecule has 1 aliphatic carbocycles. The van der Waals surface area contributed by atoms with Gasteiger partial charge in [-0.05, 0) is 12.8 Å².